The van der Waals surface area contributed by atoms with Crippen LogP contribution in [0.1, 0.15) is 15.9 Å². The van der Waals surface area contributed by atoms with E-state index < -0.39 is 0 Å². The summed E-state index contributed by atoms with van der Waals surface area (Å²) in [6.45, 7) is 5.09. The number of fused-ring (bicyclic) bond motifs is 1. The summed E-state index contributed by atoms with van der Waals surface area (Å²) >= 11 is 0. The standard InChI is InChI=1S/C28H24N4O/c1-2-23-20-31(19-21-12-6-3-7-13-21)28(33)25-18-29-26(22-14-8-4-9-15-22)30-27(25)32(23)24-16-10-5-11-17-24/h2-18,23H,1,19-20H2. The van der Waals surface area contributed by atoms with Crippen molar-refractivity contribution in [2.24, 2.45) is 0 Å². The number of carbonyl (C=O) groups excluding carboxylic acids is 1. The number of hydrogen-bond donors (Lipinski definition) is 0. The molecular formula is C28H24N4O. The molecule has 0 N–H and O–H groups in total. The molecule has 0 radical (unpaired) electrons. The Balaban J connectivity index is 1.65. The maximum absolute atomic E-state index is 13.7. The van der Waals surface area contributed by atoms with Crippen molar-refractivity contribution in [1.29, 1.82) is 0 Å². The zero-order chi connectivity index (χ0) is 22.6. The molecule has 1 unspecified atom stereocenters. The van der Waals surface area contributed by atoms with E-state index in [-0.39, 0.29) is 11.9 Å². The lowest BCUT2D eigenvalue weighted by Crippen LogP contribution is -2.39. The van der Waals surface area contributed by atoms with E-state index >= 15 is 0 Å². The van der Waals surface area contributed by atoms with E-state index in [9.17, 15) is 4.79 Å². The number of hydrogen-bond acceptors (Lipinski definition) is 4. The predicted molar refractivity (Wildman–Crippen MR) is 131 cm³/mol. The van der Waals surface area contributed by atoms with Gasteiger partial charge in [0.1, 0.15) is 5.56 Å². The number of rotatable bonds is 5. The Morgan fingerprint density at radius 1 is 0.909 bits per heavy atom. The Labute approximate surface area is 193 Å². The smallest absolute Gasteiger partial charge is 0.259 e. The first-order chi connectivity index (χ1) is 16.2. The summed E-state index contributed by atoms with van der Waals surface area (Å²) in [5.74, 6) is 1.10. The molecule has 1 aliphatic rings. The quantitative estimate of drug-likeness (QED) is 0.391. The van der Waals surface area contributed by atoms with Crippen LogP contribution in [0.15, 0.2) is 110 Å². The van der Waals surface area contributed by atoms with E-state index in [0.29, 0.717) is 30.3 Å². The number of aromatic nitrogens is 2. The van der Waals surface area contributed by atoms with Crippen molar-refractivity contribution in [1.82, 2.24) is 14.9 Å². The fourth-order valence-corrected chi connectivity index (χ4v) is 4.17. The second-order valence-corrected chi connectivity index (χ2v) is 7.98. The van der Waals surface area contributed by atoms with Gasteiger partial charge >= 0.3 is 0 Å². The summed E-state index contributed by atoms with van der Waals surface area (Å²) < 4.78 is 0. The highest BCUT2D eigenvalue weighted by Gasteiger charge is 2.34. The topological polar surface area (TPSA) is 49.3 Å². The molecule has 5 rings (SSSR count). The summed E-state index contributed by atoms with van der Waals surface area (Å²) in [5.41, 5.74) is 3.42. The molecule has 1 atom stereocenters. The molecule has 1 aliphatic heterocycles. The fraction of sp³-hybridized carbons (Fsp3) is 0.107. The van der Waals surface area contributed by atoms with Crippen LogP contribution in [0.3, 0.4) is 0 Å². The third-order valence-electron chi connectivity index (χ3n) is 5.81. The lowest BCUT2D eigenvalue weighted by molar-refractivity contribution is 0.0747. The van der Waals surface area contributed by atoms with E-state index in [1.54, 1.807) is 6.20 Å². The van der Waals surface area contributed by atoms with Crippen molar-refractivity contribution in [3.63, 3.8) is 0 Å². The van der Waals surface area contributed by atoms with Gasteiger partial charge in [0, 0.05) is 30.5 Å². The molecule has 0 saturated heterocycles. The summed E-state index contributed by atoms with van der Waals surface area (Å²) in [5, 5.41) is 0. The van der Waals surface area contributed by atoms with E-state index in [1.165, 1.54) is 0 Å². The van der Waals surface area contributed by atoms with Crippen LogP contribution in [-0.4, -0.2) is 33.4 Å². The molecule has 1 amide bonds. The van der Waals surface area contributed by atoms with Crippen LogP contribution in [0.4, 0.5) is 11.5 Å². The summed E-state index contributed by atoms with van der Waals surface area (Å²) in [6, 6.07) is 29.7. The van der Waals surface area contributed by atoms with Gasteiger partial charge in [-0.1, -0.05) is 84.9 Å². The molecule has 2 heterocycles. The van der Waals surface area contributed by atoms with Crippen LogP contribution >= 0.6 is 0 Å². The molecule has 0 spiro atoms. The Bertz CT molecular complexity index is 1260. The minimum absolute atomic E-state index is 0.0845. The highest BCUT2D eigenvalue weighted by Crippen LogP contribution is 2.34. The minimum atomic E-state index is -0.153. The lowest BCUT2D eigenvalue weighted by atomic mass is 10.1. The van der Waals surface area contributed by atoms with Gasteiger partial charge in [-0.3, -0.25) is 4.79 Å². The maximum Gasteiger partial charge on any atom is 0.259 e. The average Bonchev–Trinajstić information content (AvgIpc) is 2.99. The van der Waals surface area contributed by atoms with Crippen LogP contribution in [0.25, 0.3) is 11.4 Å². The number of benzene rings is 3. The monoisotopic (exact) mass is 432 g/mol. The van der Waals surface area contributed by atoms with Gasteiger partial charge < -0.3 is 9.80 Å². The molecule has 0 fully saturated rings. The molecule has 0 bridgehead atoms. The van der Waals surface area contributed by atoms with Gasteiger partial charge in [0.15, 0.2) is 11.6 Å². The van der Waals surface area contributed by atoms with Crippen molar-refractivity contribution in [2.45, 2.75) is 12.6 Å². The lowest BCUT2D eigenvalue weighted by Gasteiger charge is -2.31. The first-order valence-electron chi connectivity index (χ1n) is 11.0. The number of para-hydroxylation sites is 1. The SMILES string of the molecule is C=CC1CN(Cc2ccccc2)C(=O)c2cnc(-c3ccccc3)nc2N1c1ccccc1. The zero-order valence-corrected chi connectivity index (χ0v) is 18.2. The highest BCUT2D eigenvalue weighted by atomic mass is 16.2. The van der Waals surface area contributed by atoms with Crippen molar-refractivity contribution < 1.29 is 4.79 Å². The Hall–Kier alpha value is -4.25. The van der Waals surface area contributed by atoms with Crippen LogP contribution in [0.5, 0.6) is 0 Å². The summed E-state index contributed by atoms with van der Waals surface area (Å²) in [7, 11) is 0. The Morgan fingerprint density at radius 2 is 1.55 bits per heavy atom. The average molecular weight is 433 g/mol. The van der Waals surface area contributed by atoms with Gasteiger partial charge in [-0.2, -0.15) is 0 Å². The van der Waals surface area contributed by atoms with Gasteiger partial charge in [0.05, 0.1) is 6.04 Å². The predicted octanol–water partition coefficient (Wildman–Crippen LogP) is 5.49. The number of amides is 1. The van der Waals surface area contributed by atoms with E-state index in [4.69, 9.17) is 4.98 Å². The molecule has 1 aromatic heterocycles. The minimum Gasteiger partial charge on any atom is -0.332 e. The first kappa shape index (κ1) is 20.6. The first-order valence-corrected chi connectivity index (χ1v) is 11.0. The highest BCUT2D eigenvalue weighted by molar-refractivity contribution is 6.00. The molecule has 5 nitrogen and oxygen atoms in total. The molecular weight excluding hydrogens is 408 g/mol. The van der Waals surface area contributed by atoms with Crippen LogP contribution in [-0.2, 0) is 6.54 Å². The van der Waals surface area contributed by atoms with Crippen molar-refractivity contribution >= 4 is 17.4 Å². The zero-order valence-electron chi connectivity index (χ0n) is 18.2. The Morgan fingerprint density at radius 3 is 2.21 bits per heavy atom. The van der Waals surface area contributed by atoms with Crippen LogP contribution < -0.4 is 4.90 Å². The van der Waals surface area contributed by atoms with E-state index in [1.807, 2.05) is 102 Å². The molecule has 0 saturated carbocycles. The third-order valence-corrected chi connectivity index (χ3v) is 5.81. The molecule has 0 aliphatic carbocycles. The number of anilines is 2. The maximum atomic E-state index is 13.7. The number of nitrogens with zero attached hydrogens (tertiary/aromatic N) is 4. The van der Waals surface area contributed by atoms with Crippen molar-refractivity contribution in [3.8, 4) is 11.4 Å². The second kappa shape index (κ2) is 9.09. The summed E-state index contributed by atoms with van der Waals surface area (Å²) in [6.07, 6.45) is 3.55. The Kier molecular flexibility index (Phi) is 5.68. The third kappa shape index (κ3) is 4.13. The number of carbonyl (C=O) groups is 1. The van der Waals surface area contributed by atoms with Crippen molar-refractivity contribution in [2.75, 3.05) is 11.4 Å². The molecule has 162 valence electrons. The largest absolute Gasteiger partial charge is 0.332 e. The summed E-state index contributed by atoms with van der Waals surface area (Å²) in [4.78, 5) is 27.1. The fourth-order valence-electron chi connectivity index (χ4n) is 4.17. The molecule has 33 heavy (non-hydrogen) atoms. The van der Waals surface area contributed by atoms with Gasteiger partial charge in [-0.15, -0.1) is 6.58 Å². The molecule has 3 aromatic carbocycles. The van der Waals surface area contributed by atoms with E-state index in [0.717, 1.165) is 16.8 Å². The van der Waals surface area contributed by atoms with Gasteiger partial charge in [-0.05, 0) is 17.7 Å². The molecule has 4 aromatic rings. The van der Waals surface area contributed by atoms with Crippen LogP contribution in [0, 0.1) is 0 Å². The van der Waals surface area contributed by atoms with Crippen LogP contribution in [0.2, 0.25) is 0 Å². The van der Waals surface area contributed by atoms with Gasteiger partial charge in [0.2, 0.25) is 0 Å². The van der Waals surface area contributed by atoms with Crippen molar-refractivity contribution in [3.05, 3.63) is 121 Å². The van der Waals surface area contributed by atoms with Gasteiger partial charge in [-0.25, -0.2) is 9.97 Å². The van der Waals surface area contributed by atoms with E-state index in [2.05, 4.69) is 16.5 Å². The second-order valence-electron chi connectivity index (χ2n) is 7.98. The molecule has 5 heteroatoms. The van der Waals surface area contributed by atoms with Gasteiger partial charge in [0.25, 0.3) is 5.91 Å². The normalized spacial score (nSPS) is 15.6.